The van der Waals surface area contributed by atoms with Gasteiger partial charge in [0, 0.05) is 6.42 Å². The number of ether oxygens (including phenoxy) is 1. The van der Waals surface area contributed by atoms with E-state index in [0.29, 0.717) is 12.8 Å². The van der Waals surface area contributed by atoms with Crippen LogP contribution in [0.5, 0.6) is 0 Å². The average Bonchev–Trinajstić information content (AvgIpc) is 2.03. The minimum absolute atomic E-state index is 0.288. The zero-order valence-corrected chi connectivity index (χ0v) is 8.27. The highest BCUT2D eigenvalue weighted by atomic mass is 32.1. The van der Waals surface area contributed by atoms with Crippen LogP contribution in [0.2, 0.25) is 0 Å². The molecule has 0 aliphatic heterocycles. The van der Waals surface area contributed by atoms with Crippen LogP contribution in [0, 0.1) is 0 Å². The minimum atomic E-state index is -0.542. The molecule has 0 aromatic rings. The molecule has 3 nitrogen and oxygen atoms in total. The molecule has 0 fully saturated rings. The lowest BCUT2D eigenvalue weighted by molar-refractivity contribution is -0.159. The van der Waals surface area contributed by atoms with Crippen molar-refractivity contribution in [2.45, 2.75) is 38.4 Å². The topological polar surface area (TPSA) is 43.4 Å². The fourth-order valence-corrected chi connectivity index (χ4v) is 0.655. The summed E-state index contributed by atoms with van der Waals surface area (Å²) in [5.41, 5.74) is 0. The maximum Gasteiger partial charge on any atom is 0.326 e. The number of esters is 2. The van der Waals surface area contributed by atoms with Gasteiger partial charge in [-0.05, 0) is 12.8 Å². The van der Waals surface area contributed by atoms with Gasteiger partial charge >= 0.3 is 11.9 Å². The van der Waals surface area contributed by atoms with Crippen LogP contribution in [0.25, 0.3) is 0 Å². The van der Waals surface area contributed by atoms with Crippen molar-refractivity contribution in [2.24, 2.45) is 0 Å². The predicted octanol–water partition coefficient (Wildman–Crippen LogP) is 1.56. The molecule has 0 aromatic heterocycles. The Morgan fingerprint density at radius 3 is 2.42 bits per heavy atom. The van der Waals surface area contributed by atoms with Crippen molar-refractivity contribution in [2.75, 3.05) is 0 Å². The lowest BCUT2D eigenvalue weighted by atomic mass is 10.3. The van der Waals surface area contributed by atoms with Crippen molar-refractivity contribution in [3.63, 3.8) is 0 Å². The summed E-state index contributed by atoms with van der Waals surface area (Å²) in [6, 6.07) is 0. The summed E-state index contributed by atoms with van der Waals surface area (Å²) < 4.78 is 4.49. The fourth-order valence-electron chi connectivity index (χ4n) is 0.602. The van der Waals surface area contributed by atoms with Crippen LogP contribution in [0.3, 0.4) is 0 Å². The fraction of sp³-hybridized carbons (Fsp3) is 0.750. The van der Waals surface area contributed by atoms with Crippen molar-refractivity contribution < 1.29 is 14.3 Å². The Kier molecular flexibility index (Phi) is 5.80. The summed E-state index contributed by atoms with van der Waals surface area (Å²) >= 11 is 3.94. The summed E-state index contributed by atoms with van der Waals surface area (Å²) in [5, 5.41) is -0.481. The Hall–Kier alpha value is -0.510. The van der Waals surface area contributed by atoms with Crippen LogP contribution in [0.15, 0.2) is 0 Å². The molecule has 1 atom stereocenters. The van der Waals surface area contributed by atoms with E-state index < -0.39 is 17.2 Å². The van der Waals surface area contributed by atoms with Gasteiger partial charge in [0.15, 0.2) is 0 Å². The summed E-state index contributed by atoms with van der Waals surface area (Å²) in [4.78, 5) is 21.7. The highest BCUT2D eigenvalue weighted by molar-refractivity contribution is 7.81. The number of carbonyl (C=O) groups excluding carboxylic acids is 2. The van der Waals surface area contributed by atoms with E-state index >= 15 is 0 Å². The molecule has 0 aliphatic carbocycles. The van der Waals surface area contributed by atoms with Gasteiger partial charge in [0.25, 0.3) is 0 Å². The first-order valence-electron chi connectivity index (χ1n) is 4.04. The van der Waals surface area contributed by atoms with Gasteiger partial charge in [-0.25, -0.2) is 0 Å². The molecule has 0 N–H and O–H groups in total. The molecular weight excluding hydrogens is 176 g/mol. The zero-order valence-electron chi connectivity index (χ0n) is 7.37. The molecule has 0 saturated heterocycles. The third-order valence-corrected chi connectivity index (χ3v) is 1.90. The largest absolute Gasteiger partial charge is 0.392 e. The third-order valence-electron chi connectivity index (χ3n) is 1.33. The average molecular weight is 190 g/mol. The Morgan fingerprint density at radius 1 is 1.42 bits per heavy atom. The molecule has 0 heterocycles. The maximum atomic E-state index is 10.9. The highest BCUT2D eigenvalue weighted by Gasteiger charge is 2.16. The Labute approximate surface area is 77.9 Å². The van der Waals surface area contributed by atoms with E-state index in [0.717, 1.165) is 0 Å². The van der Waals surface area contributed by atoms with Crippen LogP contribution < -0.4 is 0 Å². The number of carbonyl (C=O) groups is 2. The van der Waals surface area contributed by atoms with E-state index in [1.165, 1.54) is 0 Å². The summed E-state index contributed by atoms with van der Waals surface area (Å²) in [6.45, 7) is 3.66. The van der Waals surface area contributed by atoms with Gasteiger partial charge in [-0.3, -0.25) is 9.59 Å². The second-order valence-corrected chi connectivity index (χ2v) is 3.09. The zero-order chi connectivity index (χ0) is 9.56. The summed E-state index contributed by atoms with van der Waals surface area (Å²) in [6.07, 6.45) is 1.55. The number of hydrogen-bond acceptors (Lipinski definition) is 4. The highest BCUT2D eigenvalue weighted by Crippen LogP contribution is 2.04. The predicted molar refractivity (Wildman–Crippen MR) is 49.1 cm³/mol. The van der Waals surface area contributed by atoms with E-state index in [9.17, 15) is 9.59 Å². The molecule has 4 heteroatoms. The van der Waals surface area contributed by atoms with Crippen LogP contribution in [0.4, 0.5) is 0 Å². The quantitative estimate of drug-likeness (QED) is 0.415. The van der Waals surface area contributed by atoms with Crippen LogP contribution in [0.1, 0.15) is 33.1 Å². The van der Waals surface area contributed by atoms with Gasteiger partial charge in [-0.2, -0.15) is 12.6 Å². The number of hydrogen-bond donors (Lipinski definition) is 1. The van der Waals surface area contributed by atoms with Crippen LogP contribution in [-0.2, 0) is 14.3 Å². The smallest absolute Gasteiger partial charge is 0.326 e. The lowest BCUT2D eigenvalue weighted by Gasteiger charge is -2.05. The van der Waals surface area contributed by atoms with Crippen molar-refractivity contribution >= 4 is 24.6 Å². The number of rotatable bonds is 4. The second kappa shape index (κ2) is 6.06. The molecule has 0 aromatic carbocycles. The summed E-state index contributed by atoms with van der Waals surface area (Å²) in [7, 11) is 0. The van der Waals surface area contributed by atoms with Gasteiger partial charge < -0.3 is 4.74 Å². The molecule has 0 radical (unpaired) electrons. The monoisotopic (exact) mass is 190 g/mol. The molecule has 0 aliphatic rings. The minimum Gasteiger partial charge on any atom is -0.392 e. The molecule has 1 unspecified atom stereocenters. The lowest BCUT2D eigenvalue weighted by Crippen LogP contribution is -2.20. The van der Waals surface area contributed by atoms with Gasteiger partial charge in [0.1, 0.15) is 0 Å². The van der Waals surface area contributed by atoms with Crippen molar-refractivity contribution in [1.29, 1.82) is 0 Å². The van der Waals surface area contributed by atoms with E-state index in [1.54, 1.807) is 0 Å². The van der Waals surface area contributed by atoms with Gasteiger partial charge in [0.2, 0.25) is 0 Å². The Bertz CT molecular complexity index is 168. The maximum absolute atomic E-state index is 10.9. The normalized spacial score (nSPS) is 12.2. The van der Waals surface area contributed by atoms with Crippen LogP contribution >= 0.6 is 12.6 Å². The van der Waals surface area contributed by atoms with E-state index in [2.05, 4.69) is 17.4 Å². The Balaban J connectivity index is 3.76. The standard InChI is InChI=1S/C8H14O3S/c1-3-5-7(9)11-8(10)6(12)4-2/h6,12H,3-5H2,1-2H3. The second-order valence-electron chi connectivity index (χ2n) is 2.47. The molecule has 0 bridgehead atoms. The molecule has 0 spiro atoms. The molecule has 0 rings (SSSR count). The van der Waals surface area contributed by atoms with Crippen molar-refractivity contribution in [3.8, 4) is 0 Å². The first kappa shape index (κ1) is 11.5. The molecular formula is C8H14O3S. The van der Waals surface area contributed by atoms with E-state index in [4.69, 9.17) is 0 Å². The molecule has 70 valence electrons. The van der Waals surface area contributed by atoms with Gasteiger partial charge in [0.05, 0.1) is 5.25 Å². The first-order chi connectivity index (χ1) is 5.61. The third kappa shape index (κ3) is 4.38. The van der Waals surface area contributed by atoms with E-state index in [-0.39, 0.29) is 6.42 Å². The number of thiol groups is 1. The van der Waals surface area contributed by atoms with Crippen molar-refractivity contribution in [1.82, 2.24) is 0 Å². The molecule has 0 amide bonds. The Morgan fingerprint density at radius 2 is 2.00 bits per heavy atom. The molecule has 12 heavy (non-hydrogen) atoms. The first-order valence-corrected chi connectivity index (χ1v) is 4.56. The van der Waals surface area contributed by atoms with E-state index in [1.807, 2.05) is 13.8 Å². The SMILES string of the molecule is CCCC(=O)OC(=O)C(S)CC. The summed E-state index contributed by atoms with van der Waals surface area (Å²) in [5.74, 6) is -1.01. The van der Waals surface area contributed by atoms with Crippen LogP contribution in [-0.4, -0.2) is 17.2 Å². The molecule has 0 saturated carbocycles. The van der Waals surface area contributed by atoms with Crippen molar-refractivity contribution in [3.05, 3.63) is 0 Å². The van der Waals surface area contributed by atoms with Gasteiger partial charge in [-0.15, -0.1) is 0 Å². The van der Waals surface area contributed by atoms with Gasteiger partial charge in [-0.1, -0.05) is 13.8 Å².